The molecule has 0 fully saturated rings. The molecular weight excluding hydrogens is 224 g/mol. The van der Waals surface area contributed by atoms with Gasteiger partial charge in [0.15, 0.2) is 0 Å². The minimum atomic E-state index is 0.115. The van der Waals surface area contributed by atoms with Gasteiger partial charge in [-0.05, 0) is 37.9 Å². The van der Waals surface area contributed by atoms with E-state index >= 15 is 0 Å². The molecule has 0 aliphatic carbocycles. The molecule has 0 aliphatic rings. The Labute approximate surface area is 110 Å². The van der Waals surface area contributed by atoms with Gasteiger partial charge in [0.05, 0.1) is 19.1 Å². The second kappa shape index (κ2) is 7.73. The third kappa shape index (κ3) is 4.38. The summed E-state index contributed by atoms with van der Waals surface area (Å²) < 4.78 is 5.34. The van der Waals surface area contributed by atoms with Crippen LogP contribution in [0, 0.1) is 24.2 Å². The molecule has 0 aromatic heterocycles. The van der Waals surface area contributed by atoms with E-state index in [1.54, 1.807) is 7.11 Å². The number of aryl methyl sites for hydroxylation is 1. The highest BCUT2D eigenvalue weighted by molar-refractivity contribution is 5.37. The molecule has 18 heavy (non-hydrogen) atoms. The Kier molecular flexibility index (Phi) is 6.24. The van der Waals surface area contributed by atoms with Crippen molar-refractivity contribution >= 4 is 0 Å². The fourth-order valence-corrected chi connectivity index (χ4v) is 1.88. The average Bonchev–Trinajstić information content (AvgIpc) is 2.39. The number of methoxy groups -OCH3 is 1. The minimum Gasteiger partial charge on any atom is -0.496 e. The fourth-order valence-electron chi connectivity index (χ4n) is 1.88. The van der Waals surface area contributed by atoms with E-state index in [4.69, 9.17) is 10.00 Å². The van der Waals surface area contributed by atoms with Crippen molar-refractivity contribution in [2.75, 3.05) is 20.2 Å². The molecule has 1 rings (SSSR count). The van der Waals surface area contributed by atoms with Crippen molar-refractivity contribution in [3.05, 3.63) is 29.3 Å². The van der Waals surface area contributed by atoms with Crippen molar-refractivity contribution < 1.29 is 4.74 Å². The molecule has 0 aliphatic heterocycles. The summed E-state index contributed by atoms with van der Waals surface area (Å²) in [4.78, 5) is 0. The van der Waals surface area contributed by atoms with E-state index < -0.39 is 0 Å². The van der Waals surface area contributed by atoms with Crippen LogP contribution in [0.4, 0.5) is 0 Å². The summed E-state index contributed by atoms with van der Waals surface area (Å²) in [6, 6.07) is 8.51. The fraction of sp³-hybridized carbons (Fsp3) is 0.533. The smallest absolute Gasteiger partial charge is 0.122 e. The number of hydrogen-bond donors (Lipinski definition) is 1. The van der Waals surface area contributed by atoms with E-state index in [-0.39, 0.29) is 5.92 Å². The summed E-state index contributed by atoms with van der Waals surface area (Å²) in [5.74, 6) is 1.05. The maximum Gasteiger partial charge on any atom is 0.122 e. The van der Waals surface area contributed by atoms with Crippen LogP contribution in [0.2, 0.25) is 0 Å². The van der Waals surface area contributed by atoms with Crippen LogP contribution in [0.25, 0.3) is 0 Å². The largest absolute Gasteiger partial charge is 0.496 e. The van der Waals surface area contributed by atoms with Crippen molar-refractivity contribution in [1.29, 1.82) is 5.26 Å². The molecule has 1 aromatic rings. The Morgan fingerprint density at radius 3 is 2.83 bits per heavy atom. The predicted molar refractivity (Wildman–Crippen MR) is 73.7 cm³/mol. The van der Waals surface area contributed by atoms with E-state index in [0.29, 0.717) is 0 Å². The van der Waals surface area contributed by atoms with Crippen molar-refractivity contribution in [2.45, 2.75) is 26.7 Å². The van der Waals surface area contributed by atoms with Gasteiger partial charge in [0.1, 0.15) is 5.75 Å². The summed E-state index contributed by atoms with van der Waals surface area (Å²) in [7, 11) is 1.70. The molecule has 3 heteroatoms. The molecule has 3 nitrogen and oxygen atoms in total. The Balaban J connectivity index is 2.44. The van der Waals surface area contributed by atoms with Crippen LogP contribution < -0.4 is 10.1 Å². The highest BCUT2D eigenvalue weighted by Crippen LogP contribution is 2.19. The highest BCUT2D eigenvalue weighted by Gasteiger charge is 2.05. The maximum absolute atomic E-state index is 8.85. The van der Waals surface area contributed by atoms with Gasteiger partial charge < -0.3 is 10.1 Å². The molecule has 0 radical (unpaired) electrons. The molecule has 1 N–H and O–H groups in total. The van der Waals surface area contributed by atoms with Crippen LogP contribution in [0.15, 0.2) is 18.2 Å². The van der Waals surface area contributed by atoms with Crippen LogP contribution in [-0.4, -0.2) is 20.2 Å². The molecule has 0 spiro atoms. The molecule has 1 aromatic carbocycles. The van der Waals surface area contributed by atoms with Crippen molar-refractivity contribution in [3.8, 4) is 11.8 Å². The van der Waals surface area contributed by atoms with E-state index in [1.165, 1.54) is 11.1 Å². The van der Waals surface area contributed by atoms with Crippen LogP contribution >= 0.6 is 0 Å². The van der Waals surface area contributed by atoms with Crippen LogP contribution in [0.5, 0.6) is 5.75 Å². The number of nitrogens with one attached hydrogen (secondary N) is 1. The highest BCUT2D eigenvalue weighted by atomic mass is 16.5. The number of nitrogens with zero attached hydrogens (tertiary/aromatic N) is 1. The molecule has 0 bridgehead atoms. The molecule has 0 heterocycles. The van der Waals surface area contributed by atoms with Crippen molar-refractivity contribution in [2.24, 2.45) is 5.92 Å². The molecule has 0 amide bonds. The van der Waals surface area contributed by atoms with Crippen LogP contribution in [-0.2, 0) is 6.42 Å². The van der Waals surface area contributed by atoms with Gasteiger partial charge in [-0.3, -0.25) is 0 Å². The lowest BCUT2D eigenvalue weighted by atomic mass is 10.1. The third-order valence-corrected chi connectivity index (χ3v) is 3.07. The molecule has 0 saturated heterocycles. The first-order valence-corrected chi connectivity index (χ1v) is 6.45. The quantitative estimate of drug-likeness (QED) is 0.752. The SMILES string of the molecule is CCC(C#N)CNCCc1cc(C)ccc1OC. The first-order valence-electron chi connectivity index (χ1n) is 6.45. The van der Waals surface area contributed by atoms with Gasteiger partial charge in [-0.2, -0.15) is 5.26 Å². The summed E-state index contributed by atoms with van der Waals surface area (Å²) in [6.45, 7) is 5.76. The number of rotatable bonds is 7. The summed E-state index contributed by atoms with van der Waals surface area (Å²) >= 11 is 0. The number of nitriles is 1. The van der Waals surface area contributed by atoms with E-state index in [9.17, 15) is 0 Å². The monoisotopic (exact) mass is 246 g/mol. The zero-order valence-corrected chi connectivity index (χ0v) is 11.5. The molecule has 0 saturated carbocycles. The standard InChI is InChI=1S/C15H22N2O/c1-4-13(10-16)11-17-8-7-14-9-12(2)5-6-15(14)18-3/h5-6,9,13,17H,4,7-8,11H2,1-3H3. The summed E-state index contributed by atoms with van der Waals surface area (Å²) in [6.07, 6.45) is 1.82. The lowest BCUT2D eigenvalue weighted by Gasteiger charge is -2.11. The minimum absolute atomic E-state index is 0.115. The number of benzene rings is 1. The second-order valence-corrected chi connectivity index (χ2v) is 4.50. The molecule has 98 valence electrons. The molecule has 1 atom stereocenters. The first kappa shape index (κ1) is 14.5. The van der Waals surface area contributed by atoms with E-state index in [0.717, 1.165) is 31.7 Å². The van der Waals surface area contributed by atoms with Gasteiger partial charge in [-0.15, -0.1) is 0 Å². The van der Waals surface area contributed by atoms with Gasteiger partial charge in [0.25, 0.3) is 0 Å². The Hall–Kier alpha value is -1.53. The normalized spacial score (nSPS) is 11.9. The van der Waals surface area contributed by atoms with Gasteiger partial charge in [-0.1, -0.05) is 24.6 Å². The zero-order valence-electron chi connectivity index (χ0n) is 11.5. The van der Waals surface area contributed by atoms with Crippen LogP contribution in [0.3, 0.4) is 0 Å². The Bertz CT molecular complexity index is 409. The van der Waals surface area contributed by atoms with Crippen molar-refractivity contribution in [3.63, 3.8) is 0 Å². The van der Waals surface area contributed by atoms with Gasteiger partial charge in [0.2, 0.25) is 0 Å². The first-order chi connectivity index (χ1) is 8.71. The lowest BCUT2D eigenvalue weighted by molar-refractivity contribution is 0.408. The zero-order chi connectivity index (χ0) is 13.4. The number of ether oxygens (including phenoxy) is 1. The summed E-state index contributed by atoms with van der Waals surface area (Å²) in [5.41, 5.74) is 2.46. The topological polar surface area (TPSA) is 45.0 Å². The predicted octanol–water partition coefficient (Wildman–Crippen LogP) is 2.69. The molecule has 1 unspecified atom stereocenters. The summed E-state index contributed by atoms with van der Waals surface area (Å²) in [5, 5.41) is 12.2. The average molecular weight is 246 g/mol. The molecular formula is C15H22N2O. The van der Waals surface area contributed by atoms with E-state index in [1.807, 2.05) is 13.0 Å². The third-order valence-electron chi connectivity index (χ3n) is 3.07. The van der Waals surface area contributed by atoms with Crippen molar-refractivity contribution in [1.82, 2.24) is 5.32 Å². The van der Waals surface area contributed by atoms with Gasteiger partial charge in [-0.25, -0.2) is 0 Å². The number of hydrogen-bond acceptors (Lipinski definition) is 3. The van der Waals surface area contributed by atoms with Gasteiger partial charge in [0, 0.05) is 6.54 Å². The Morgan fingerprint density at radius 2 is 2.22 bits per heavy atom. The van der Waals surface area contributed by atoms with E-state index in [2.05, 4.69) is 30.4 Å². The maximum atomic E-state index is 8.85. The lowest BCUT2D eigenvalue weighted by Crippen LogP contribution is -2.24. The Morgan fingerprint density at radius 1 is 1.44 bits per heavy atom. The second-order valence-electron chi connectivity index (χ2n) is 4.50. The van der Waals surface area contributed by atoms with Crippen LogP contribution in [0.1, 0.15) is 24.5 Å². The van der Waals surface area contributed by atoms with Gasteiger partial charge >= 0.3 is 0 Å².